The maximum atomic E-state index is 12.8. The van der Waals surface area contributed by atoms with E-state index in [0.29, 0.717) is 0 Å². The van der Waals surface area contributed by atoms with Crippen LogP contribution in [-0.2, 0) is 14.6 Å². The molecule has 1 atom stereocenters. The zero-order chi connectivity index (χ0) is 20.4. The molecule has 2 rings (SSSR count). The van der Waals surface area contributed by atoms with Crippen molar-refractivity contribution < 1.29 is 27.8 Å². The number of carbonyl (C=O) groups excluding carboxylic acids is 1. The van der Waals surface area contributed by atoms with Gasteiger partial charge in [-0.1, -0.05) is 34.2 Å². The molecule has 0 saturated carbocycles. The number of alkyl halides is 1. The average Bonchev–Trinajstić information content (AvgIpc) is 2.96. The van der Waals surface area contributed by atoms with Crippen molar-refractivity contribution in [2.45, 2.75) is 15.9 Å². The Morgan fingerprint density at radius 1 is 1.37 bits per heavy atom. The number of nitrogens with zero attached hydrogens (tertiary/aromatic N) is 2. The third-order valence-electron chi connectivity index (χ3n) is 3.59. The molecule has 0 radical (unpaired) electrons. The molecule has 11 heteroatoms. The summed E-state index contributed by atoms with van der Waals surface area (Å²) in [6.07, 6.45) is 2.25. The number of carbonyl (C=O) groups is 1. The summed E-state index contributed by atoms with van der Waals surface area (Å²) in [6, 6.07) is 2.54. The number of rotatable bonds is 8. The van der Waals surface area contributed by atoms with Gasteiger partial charge in [0.2, 0.25) is 11.7 Å². The summed E-state index contributed by atoms with van der Waals surface area (Å²) in [7, 11) is -2.17. The van der Waals surface area contributed by atoms with E-state index in [4.69, 9.17) is 21.1 Å². The fraction of sp³-hybridized carbons (Fsp3) is 0.375. The summed E-state index contributed by atoms with van der Waals surface area (Å²) >= 11 is 8.34. The number of hydrogen-bond acceptors (Lipinski definition) is 7. The van der Waals surface area contributed by atoms with Crippen LogP contribution in [0.3, 0.4) is 0 Å². The molecule has 0 amide bonds. The van der Waals surface area contributed by atoms with Gasteiger partial charge >= 0.3 is 0 Å². The molecule has 2 aromatic rings. The van der Waals surface area contributed by atoms with Gasteiger partial charge in [-0.3, -0.25) is 4.79 Å². The zero-order valence-electron chi connectivity index (χ0n) is 14.8. The SMILES string of the molecule is COCCOc1c(S(C)(=O)=O)ccc(C(=O)c2cnn(C(C)I)c2O)c1Cl. The average molecular weight is 529 g/mol. The van der Waals surface area contributed by atoms with E-state index in [-0.39, 0.29) is 49.9 Å². The summed E-state index contributed by atoms with van der Waals surface area (Å²) in [5.74, 6) is -1.03. The highest BCUT2D eigenvalue weighted by Gasteiger charge is 2.27. The van der Waals surface area contributed by atoms with Crippen molar-refractivity contribution in [1.82, 2.24) is 9.78 Å². The van der Waals surface area contributed by atoms with Crippen LogP contribution in [-0.4, -0.2) is 55.7 Å². The molecule has 0 aliphatic rings. The Morgan fingerprint density at radius 3 is 2.56 bits per heavy atom. The summed E-state index contributed by atoms with van der Waals surface area (Å²) in [5.41, 5.74) is -0.0530. The smallest absolute Gasteiger partial charge is 0.221 e. The first-order valence-electron chi connectivity index (χ1n) is 7.69. The van der Waals surface area contributed by atoms with Gasteiger partial charge in [-0.25, -0.2) is 13.1 Å². The molecule has 1 heterocycles. The molecular formula is C16H18ClIN2O6S. The van der Waals surface area contributed by atoms with Gasteiger partial charge in [-0.2, -0.15) is 5.10 Å². The molecule has 148 valence electrons. The molecule has 1 unspecified atom stereocenters. The molecular weight excluding hydrogens is 511 g/mol. The Labute approximate surface area is 175 Å². The normalized spacial score (nSPS) is 12.8. The van der Waals surface area contributed by atoms with Crippen molar-refractivity contribution in [2.24, 2.45) is 0 Å². The second-order valence-electron chi connectivity index (χ2n) is 5.60. The van der Waals surface area contributed by atoms with Crippen LogP contribution in [0.1, 0.15) is 26.9 Å². The van der Waals surface area contributed by atoms with Gasteiger partial charge in [-0.05, 0) is 19.1 Å². The van der Waals surface area contributed by atoms with Gasteiger partial charge in [0.15, 0.2) is 15.6 Å². The Hall–Kier alpha value is -1.37. The molecule has 1 N–H and O–H groups in total. The molecule has 0 bridgehead atoms. The fourth-order valence-electron chi connectivity index (χ4n) is 2.29. The first-order chi connectivity index (χ1) is 12.6. The molecule has 1 aromatic heterocycles. The Balaban J connectivity index is 2.54. The molecule has 0 saturated heterocycles. The third kappa shape index (κ3) is 4.73. The number of sulfone groups is 1. The monoisotopic (exact) mass is 528 g/mol. The van der Waals surface area contributed by atoms with E-state index in [1.54, 1.807) is 6.92 Å². The number of benzene rings is 1. The maximum Gasteiger partial charge on any atom is 0.221 e. The lowest BCUT2D eigenvalue weighted by molar-refractivity contribution is 0.103. The minimum Gasteiger partial charge on any atom is -0.493 e. The van der Waals surface area contributed by atoms with Gasteiger partial charge in [-0.15, -0.1) is 0 Å². The predicted octanol–water partition coefficient (Wildman–Crippen LogP) is 2.86. The van der Waals surface area contributed by atoms with Crippen LogP contribution >= 0.6 is 34.2 Å². The van der Waals surface area contributed by atoms with Crippen molar-refractivity contribution in [3.63, 3.8) is 0 Å². The number of halogens is 2. The second kappa shape index (κ2) is 8.76. The molecule has 0 spiro atoms. The summed E-state index contributed by atoms with van der Waals surface area (Å²) in [5, 5.41) is 14.1. The molecule has 8 nitrogen and oxygen atoms in total. The molecule has 0 fully saturated rings. The first kappa shape index (κ1) is 21.9. The third-order valence-corrected chi connectivity index (χ3v) is 5.61. The minimum absolute atomic E-state index is 0.00700. The van der Waals surface area contributed by atoms with Crippen LogP contribution in [0.2, 0.25) is 5.02 Å². The van der Waals surface area contributed by atoms with Crippen molar-refractivity contribution in [2.75, 3.05) is 26.6 Å². The highest BCUT2D eigenvalue weighted by atomic mass is 127. The van der Waals surface area contributed by atoms with Crippen LogP contribution in [0.5, 0.6) is 11.6 Å². The number of ketones is 1. The second-order valence-corrected chi connectivity index (χ2v) is 9.76. The summed E-state index contributed by atoms with van der Waals surface area (Å²) in [6.45, 7) is 2.04. The van der Waals surface area contributed by atoms with Crippen LogP contribution in [0.25, 0.3) is 0 Å². The van der Waals surface area contributed by atoms with E-state index in [2.05, 4.69) is 5.10 Å². The number of methoxy groups -OCH3 is 1. The summed E-state index contributed by atoms with van der Waals surface area (Å²) < 4.78 is 35.5. The lowest BCUT2D eigenvalue weighted by atomic mass is 10.1. The number of aromatic hydroxyl groups is 1. The highest BCUT2D eigenvalue weighted by Crippen LogP contribution is 2.37. The lowest BCUT2D eigenvalue weighted by Crippen LogP contribution is -2.11. The molecule has 0 aliphatic carbocycles. The zero-order valence-corrected chi connectivity index (χ0v) is 18.5. The Kier molecular flexibility index (Phi) is 7.11. The quantitative estimate of drug-likeness (QED) is 0.243. The number of ether oxygens (including phenoxy) is 2. The fourth-order valence-corrected chi connectivity index (χ4v) is 3.87. The summed E-state index contributed by atoms with van der Waals surface area (Å²) in [4.78, 5) is 12.7. The molecule has 1 aromatic carbocycles. The van der Waals surface area contributed by atoms with Crippen LogP contribution < -0.4 is 4.74 Å². The van der Waals surface area contributed by atoms with E-state index in [1.807, 2.05) is 22.6 Å². The van der Waals surface area contributed by atoms with Crippen molar-refractivity contribution >= 4 is 49.8 Å². The van der Waals surface area contributed by atoms with Gasteiger partial charge in [0.1, 0.15) is 21.1 Å². The topological polar surface area (TPSA) is 108 Å². The van der Waals surface area contributed by atoms with Crippen molar-refractivity contribution in [1.29, 1.82) is 0 Å². The molecule has 27 heavy (non-hydrogen) atoms. The van der Waals surface area contributed by atoms with E-state index in [1.165, 1.54) is 30.1 Å². The number of aromatic nitrogens is 2. The van der Waals surface area contributed by atoms with Gasteiger partial charge in [0.25, 0.3) is 0 Å². The molecule has 0 aliphatic heterocycles. The van der Waals surface area contributed by atoms with Crippen molar-refractivity contribution in [3.8, 4) is 11.6 Å². The van der Waals surface area contributed by atoms with Gasteiger partial charge in [0, 0.05) is 18.9 Å². The minimum atomic E-state index is -3.64. The highest BCUT2D eigenvalue weighted by molar-refractivity contribution is 14.1. The maximum absolute atomic E-state index is 12.8. The van der Waals surface area contributed by atoms with Gasteiger partial charge < -0.3 is 14.6 Å². The lowest BCUT2D eigenvalue weighted by Gasteiger charge is -2.14. The van der Waals surface area contributed by atoms with Crippen LogP contribution in [0.15, 0.2) is 23.2 Å². The van der Waals surface area contributed by atoms with Crippen LogP contribution in [0.4, 0.5) is 0 Å². The first-order valence-corrected chi connectivity index (χ1v) is 11.2. The van der Waals surface area contributed by atoms with Gasteiger partial charge in [0.05, 0.1) is 17.8 Å². The predicted molar refractivity (Wildman–Crippen MR) is 108 cm³/mol. The van der Waals surface area contributed by atoms with E-state index in [0.717, 1.165) is 6.26 Å². The Morgan fingerprint density at radius 2 is 2.04 bits per heavy atom. The van der Waals surface area contributed by atoms with E-state index >= 15 is 0 Å². The number of hydrogen-bond donors (Lipinski definition) is 1. The van der Waals surface area contributed by atoms with Crippen LogP contribution in [0, 0.1) is 0 Å². The van der Waals surface area contributed by atoms with E-state index < -0.39 is 15.6 Å². The Bertz CT molecular complexity index is 958. The standard InChI is InChI=1S/C16H18ClIN2O6S/c1-9(18)20-16(22)11(8-19-20)14(21)10-4-5-12(27(3,23)24)15(13(10)17)26-7-6-25-2/h4-5,8-9,22H,6-7H2,1-3H3. The van der Waals surface area contributed by atoms with Crippen molar-refractivity contribution in [3.05, 3.63) is 34.5 Å². The van der Waals surface area contributed by atoms with E-state index in [9.17, 15) is 18.3 Å². The largest absolute Gasteiger partial charge is 0.493 e.